The van der Waals surface area contributed by atoms with Crippen LogP contribution in [0.5, 0.6) is 0 Å². The maximum Gasteiger partial charge on any atom is 0.0475 e. The van der Waals surface area contributed by atoms with E-state index in [1.165, 1.54) is 41.4 Å². The highest BCUT2D eigenvalue weighted by Gasteiger charge is 2.19. The van der Waals surface area contributed by atoms with E-state index in [1.807, 2.05) is 0 Å². The maximum atomic E-state index is 3.61. The minimum Gasteiger partial charge on any atom is -0.357 e. The van der Waals surface area contributed by atoms with Gasteiger partial charge in [0.1, 0.15) is 0 Å². The normalized spacial score (nSPS) is 20.9. The van der Waals surface area contributed by atoms with Crippen LogP contribution in [-0.2, 0) is 0 Å². The van der Waals surface area contributed by atoms with E-state index in [9.17, 15) is 0 Å². The molecule has 0 aliphatic carbocycles. The summed E-state index contributed by atoms with van der Waals surface area (Å²) < 4.78 is 1.13. The molecule has 3 heteroatoms. The number of piperidine rings is 1. The fourth-order valence-corrected chi connectivity index (χ4v) is 3.14. The predicted molar refractivity (Wildman–Crippen MR) is 75.3 cm³/mol. The SMILES string of the molecule is Cc1c(C2CCCCN2)[nH]c2cc(Br)ccc12. The standard InChI is InChI=1S/C14H17BrN2/c1-9-11-6-5-10(15)8-13(11)17-14(9)12-4-2-3-7-16-12/h5-6,8,12,16-17H,2-4,7H2,1H3. The van der Waals surface area contributed by atoms with E-state index in [0.29, 0.717) is 6.04 Å². The van der Waals surface area contributed by atoms with Crippen molar-refractivity contribution in [3.63, 3.8) is 0 Å². The van der Waals surface area contributed by atoms with Gasteiger partial charge in [-0.3, -0.25) is 0 Å². The highest BCUT2D eigenvalue weighted by molar-refractivity contribution is 9.10. The van der Waals surface area contributed by atoms with E-state index in [-0.39, 0.29) is 0 Å². The Balaban J connectivity index is 2.07. The van der Waals surface area contributed by atoms with Crippen LogP contribution in [0.1, 0.15) is 36.6 Å². The van der Waals surface area contributed by atoms with Crippen molar-refractivity contribution in [2.75, 3.05) is 6.54 Å². The fraction of sp³-hybridized carbons (Fsp3) is 0.429. The molecule has 3 rings (SSSR count). The van der Waals surface area contributed by atoms with Crippen molar-refractivity contribution in [1.82, 2.24) is 10.3 Å². The molecule has 1 aromatic carbocycles. The van der Waals surface area contributed by atoms with Gasteiger partial charge in [-0.1, -0.05) is 28.4 Å². The number of rotatable bonds is 1. The first-order chi connectivity index (χ1) is 8.25. The van der Waals surface area contributed by atoms with Crippen LogP contribution in [-0.4, -0.2) is 11.5 Å². The lowest BCUT2D eigenvalue weighted by atomic mass is 9.99. The summed E-state index contributed by atoms with van der Waals surface area (Å²) in [5.41, 5.74) is 4.00. The van der Waals surface area contributed by atoms with Crippen LogP contribution >= 0.6 is 15.9 Å². The highest BCUT2D eigenvalue weighted by Crippen LogP contribution is 2.31. The van der Waals surface area contributed by atoms with Crippen LogP contribution < -0.4 is 5.32 Å². The van der Waals surface area contributed by atoms with Gasteiger partial charge in [0, 0.05) is 27.1 Å². The molecule has 1 aliphatic heterocycles. The largest absolute Gasteiger partial charge is 0.357 e. The molecule has 1 atom stereocenters. The molecule has 0 radical (unpaired) electrons. The first-order valence-electron chi connectivity index (χ1n) is 6.27. The first-order valence-corrected chi connectivity index (χ1v) is 7.06. The Kier molecular flexibility index (Phi) is 2.97. The van der Waals surface area contributed by atoms with Crippen molar-refractivity contribution in [2.45, 2.75) is 32.2 Å². The second kappa shape index (κ2) is 4.46. The molecular formula is C14H17BrN2. The molecule has 2 N–H and O–H groups in total. The number of halogens is 1. The van der Waals surface area contributed by atoms with E-state index >= 15 is 0 Å². The molecule has 2 nitrogen and oxygen atoms in total. The van der Waals surface area contributed by atoms with Gasteiger partial charge in [0.2, 0.25) is 0 Å². The molecular weight excluding hydrogens is 276 g/mol. The number of aromatic amines is 1. The molecule has 0 saturated carbocycles. The monoisotopic (exact) mass is 292 g/mol. The average Bonchev–Trinajstić information content (AvgIpc) is 2.67. The van der Waals surface area contributed by atoms with Crippen LogP contribution in [0.15, 0.2) is 22.7 Å². The van der Waals surface area contributed by atoms with Crippen LogP contribution in [0.25, 0.3) is 10.9 Å². The summed E-state index contributed by atoms with van der Waals surface area (Å²) in [5.74, 6) is 0. The minimum absolute atomic E-state index is 0.509. The predicted octanol–water partition coefficient (Wildman–Crippen LogP) is 4.05. The zero-order valence-electron chi connectivity index (χ0n) is 10.0. The van der Waals surface area contributed by atoms with Crippen molar-refractivity contribution < 1.29 is 0 Å². The summed E-state index contributed by atoms with van der Waals surface area (Å²) in [6.45, 7) is 3.36. The molecule has 1 fully saturated rings. The van der Waals surface area contributed by atoms with Gasteiger partial charge in [-0.2, -0.15) is 0 Å². The molecule has 0 amide bonds. The van der Waals surface area contributed by atoms with Crippen LogP contribution in [0.2, 0.25) is 0 Å². The van der Waals surface area contributed by atoms with Gasteiger partial charge in [-0.15, -0.1) is 0 Å². The second-order valence-electron chi connectivity index (χ2n) is 4.86. The van der Waals surface area contributed by atoms with Crippen molar-refractivity contribution >= 4 is 26.8 Å². The summed E-state index contributed by atoms with van der Waals surface area (Å²) in [6, 6.07) is 6.97. The lowest BCUT2D eigenvalue weighted by molar-refractivity contribution is 0.405. The molecule has 1 aromatic heterocycles. The smallest absolute Gasteiger partial charge is 0.0475 e. The van der Waals surface area contributed by atoms with E-state index in [0.717, 1.165) is 11.0 Å². The van der Waals surface area contributed by atoms with Crippen LogP contribution in [0.4, 0.5) is 0 Å². The third-order valence-electron chi connectivity index (χ3n) is 3.72. The number of aryl methyl sites for hydroxylation is 1. The Hall–Kier alpha value is -0.800. The zero-order valence-corrected chi connectivity index (χ0v) is 11.6. The molecule has 1 unspecified atom stereocenters. The highest BCUT2D eigenvalue weighted by atomic mass is 79.9. The van der Waals surface area contributed by atoms with Gasteiger partial charge in [-0.25, -0.2) is 0 Å². The third kappa shape index (κ3) is 2.02. The van der Waals surface area contributed by atoms with Crippen molar-refractivity contribution in [3.8, 4) is 0 Å². The van der Waals surface area contributed by atoms with Crippen molar-refractivity contribution in [1.29, 1.82) is 0 Å². The van der Waals surface area contributed by atoms with Gasteiger partial charge >= 0.3 is 0 Å². The summed E-state index contributed by atoms with van der Waals surface area (Å²) in [6.07, 6.45) is 3.88. The molecule has 1 aliphatic rings. The molecule has 2 aromatic rings. The van der Waals surface area contributed by atoms with Gasteiger partial charge in [0.15, 0.2) is 0 Å². The average molecular weight is 293 g/mol. The summed E-state index contributed by atoms with van der Waals surface area (Å²) >= 11 is 3.53. The topological polar surface area (TPSA) is 27.8 Å². The maximum absolute atomic E-state index is 3.61. The number of nitrogens with one attached hydrogen (secondary N) is 2. The van der Waals surface area contributed by atoms with E-state index in [4.69, 9.17) is 0 Å². The molecule has 0 bridgehead atoms. The number of hydrogen-bond donors (Lipinski definition) is 2. The van der Waals surface area contributed by atoms with Crippen LogP contribution in [0.3, 0.4) is 0 Å². The van der Waals surface area contributed by atoms with E-state index in [2.05, 4.69) is 51.4 Å². The van der Waals surface area contributed by atoms with Gasteiger partial charge in [-0.05, 0) is 44.0 Å². The first kappa shape index (κ1) is 11.3. The van der Waals surface area contributed by atoms with Crippen molar-refractivity contribution in [3.05, 3.63) is 33.9 Å². The van der Waals surface area contributed by atoms with E-state index < -0.39 is 0 Å². The Morgan fingerprint density at radius 2 is 2.18 bits per heavy atom. The van der Waals surface area contributed by atoms with Crippen LogP contribution in [0, 0.1) is 6.92 Å². The Morgan fingerprint density at radius 1 is 1.29 bits per heavy atom. The van der Waals surface area contributed by atoms with Gasteiger partial charge in [0.25, 0.3) is 0 Å². The Labute approximate surface area is 110 Å². The lowest BCUT2D eigenvalue weighted by Gasteiger charge is -2.23. The number of H-pyrrole nitrogens is 1. The summed E-state index contributed by atoms with van der Waals surface area (Å²) in [4.78, 5) is 3.58. The van der Waals surface area contributed by atoms with Crippen molar-refractivity contribution in [2.24, 2.45) is 0 Å². The lowest BCUT2D eigenvalue weighted by Crippen LogP contribution is -2.27. The zero-order chi connectivity index (χ0) is 11.8. The fourth-order valence-electron chi connectivity index (χ4n) is 2.78. The number of fused-ring (bicyclic) bond motifs is 1. The minimum atomic E-state index is 0.509. The molecule has 90 valence electrons. The second-order valence-corrected chi connectivity index (χ2v) is 5.77. The molecule has 0 spiro atoms. The Bertz CT molecular complexity index is 538. The van der Waals surface area contributed by atoms with Gasteiger partial charge in [0.05, 0.1) is 0 Å². The molecule has 17 heavy (non-hydrogen) atoms. The van der Waals surface area contributed by atoms with E-state index in [1.54, 1.807) is 0 Å². The quantitative estimate of drug-likeness (QED) is 0.815. The molecule has 2 heterocycles. The third-order valence-corrected chi connectivity index (χ3v) is 4.21. The summed E-state index contributed by atoms with van der Waals surface area (Å²) in [5, 5.41) is 4.95. The number of aromatic nitrogens is 1. The summed E-state index contributed by atoms with van der Waals surface area (Å²) in [7, 11) is 0. The number of benzene rings is 1. The Morgan fingerprint density at radius 3 is 2.94 bits per heavy atom. The number of hydrogen-bond acceptors (Lipinski definition) is 1. The van der Waals surface area contributed by atoms with Gasteiger partial charge < -0.3 is 10.3 Å². The molecule has 1 saturated heterocycles.